The summed E-state index contributed by atoms with van der Waals surface area (Å²) >= 11 is 6.16. The molecule has 112 valence electrons. The molecule has 22 heavy (non-hydrogen) atoms. The molecule has 1 N–H and O–H groups in total. The second kappa shape index (κ2) is 5.99. The Morgan fingerprint density at radius 3 is 2.45 bits per heavy atom. The third kappa shape index (κ3) is 2.68. The van der Waals surface area contributed by atoms with Gasteiger partial charge in [-0.1, -0.05) is 54.1 Å². The van der Waals surface area contributed by atoms with Crippen LogP contribution in [0, 0.1) is 0 Å². The highest BCUT2D eigenvalue weighted by molar-refractivity contribution is 6.30. The fourth-order valence-corrected chi connectivity index (χ4v) is 3.17. The lowest BCUT2D eigenvalue weighted by molar-refractivity contribution is 0.333. The first-order valence-corrected chi connectivity index (χ1v) is 7.58. The molecule has 3 heteroatoms. The van der Waals surface area contributed by atoms with E-state index in [4.69, 9.17) is 11.6 Å². The number of phenolic OH excluding ortho intramolecular Hbond substituents is 1. The molecule has 2 nitrogen and oxygen atoms in total. The standard InChI is InChI=1S/C19H18ClNO/c1-21(2)19(14-7-5-8-15(20)12-14)18-16-9-4-3-6-13(16)10-11-17(18)22/h3-12,19,22H,1-2H3. The summed E-state index contributed by atoms with van der Waals surface area (Å²) in [6.45, 7) is 0. The maximum absolute atomic E-state index is 10.5. The molecule has 3 rings (SSSR count). The van der Waals surface area contributed by atoms with Crippen LogP contribution in [0.25, 0.3) is 10.8 Å². The molecule has 3 aromatic rings. The average molecular weight is 312 g/mol. The van der Waals surface area contributed by atoms with Crippen molar-refractivity contribution in [3.63, 3.8) is 0 Å². The monoisotopic (exact) mass is 311 g/mol. The molecule has 0 aromatic heterocycles. The molecule has 0 heterocycles. The van der Waals surface area contributed by atoms with Gasteiger partial charge < -0.3 is 5.11 Å². The molecule has 0 aliphatic rings. The molecular weight excluding hydrogens is 294 g/mol. The van der Waals surface area contributed by atoms with Crippen molar-refractivity contribution in [3.05, 3.63) is 76.8 Å². The molecule has 1 atom stereocenters. The Labute approximate surface area is 135 Å². The fourth-order valence-electron chi connectivity index (χ4n) is 2.97. The molecule has 0 bridgehead atoms. The van der Waals surface area contributed by atoms with Gasteiger partial charge in [-0.05, 0) is 48.6 Å². The van der Waals surface area contributed by atoms with Gasteiger partial charge in [-0.3, -0.25) is 4.90 Å². The molecule has 0 spiro atoms. The summed E-state index contributed by atoms with van der Waals surface area (Å²) in [4.78, 5) is 2.09. The molecule has 0 aliphatic heterocycles. The van der Waals surface area contributed by atoms with Crippen LogP contribution in [0.1, 0.15) is 17.2 Å². The molecule has 0 amide bonds. The topological polar surface area (TPSA) is 23.5 Å². The number of benzene rings is 3. The minimum absolute atomic E-state index is 0.0650. The number of hydrogen-bond donors (Lipinski definition) is 1. The van der Waals surface area contributed by atoms with Crippen molar-refractivity contribution in [1.82, 2.24) is 4.90 Å². The van der Waals surface area contributed by atoms with Gasteiger partial charge in [-0.25, -0.2) is 0 Å². The molecule has 0 saturated heterocycles. The van der Waals surface area contributed by atoms with E-state index < -0.39 is 0 Å². The fraction of sp³-hybridized carbons (Fsp3) is 0.158. The second-order valence-corrected chi connectivity index (χ2v) is 6.08. The van der Waals surface area contributed by atoms with E-state index in [0.29, 0.717) is 10.8 Å². The van der Waals surface area contributed by atoms with Crippen molar-refractivity contribution < 1.29 is 5.11 Å². The summed E-state index contributed by atoms with van der Waals surface area (Å²) in [6, 6.07) is 19.5. The number of nitrogens with zero attached hydrogens (tertiary/aromatic N) is 1. The van der Waals surface area contributed by atoms with E-state index in [-0.39, 0.29) is 6.04 Å². The van der Waals surface area contributed by atoms with Gasteiger partial charge in [0.2, 0.25) is 0 Å². The van der Waals surface area contributed by atoms with Crippen molar-refractivity contribution in [1.29, 1.82) is 0 Å². The Balaban J connectivity index is 2.28. The number of hydrogen-bond acceptors (Lipinski definition) is 2. The summed E-state index contributed by atoms with van der Waals surface area (Å²) in [5, 5.41) is 13.4. The molecule has 0 fully saturated rings. The lowest BCUT2D eigenvalue weighted by atomic mass is 9.92. The van der Waals surface area contributed by atoms with Crippen molar-refractivity contribution >= 4 is 22.4 Å². The van der Waals surface area contributed by atoms with E-state index in [0.717, 1.165) is 21.9 Å². The second-order valence-electron chi connectivity index (χ2n) is 5.64. The maximum Gasteiger partial charge on any atom is 0.121 e. The zero-order valence-electron chi connectivity index (χ0n) is 12.6. The minimum Gasteiger partial charge on any atom is -0.508 e. The van der Waals surface area contributed by atoms with Crippen LogP contribution in [-0.4, -0.2) is 24.1 Å². The van der Waals surface area contributed by atoms with E-state index in [1.54, 1.807) is 6.07 Å². The molecule has 3 aromatic carbocycles. The third-order valence-electron chi connectivity index (χ3n) is 3.90. The van der Waals surface area contributed by atoms with E-state index in [2.05, 4.69) is 11.0 Å². The summed E-state index contributed by atoms with van der Waals surface area (Å²) in [7, 11) is 4.01. The van der Waals surface area contributed by atoms with Crippen LogP contribution >= 0.6 is 11.6 Å². The highest BCUT2D eigenvalue weighted by Gasteiger charge is 2.22. The van der Waals surface area contributed by atoms with Crippen LogP contribution in [0.4, 0.5) is 0 Å². The average Bonchev–Trinajstić information content (AvgIpc) is 2.50. The Hall–Kier alpha value is -2.03. The zero-order valence-corrected chi connectivity index (χ0v) is 13.4. The van der Waals surface area contributed by atoms with Crippen LogP contribution in [0.3, 0.4) is 0 Å². The van der Waals surface area contributed by atoms with Crippen LogP contribution in [0.2, 0.25) is 5.02 Å². The predicted molar refractivity (Wildman–Crippen MR) is 92.6 cm³/mol. The minimum atomic E-state index is -0.0650. The first-order valence-electron chi connectivity index (χ1n) is 7.20. The van der Waals surface area contributed by atoms with Crippen molar-refractivity contribution in [3.8, 4) is 5.75 Å². The summed E-state index contributed by atoms with van der Waals surface area (Å²) in [5.41, 5.74) is 1.97. The van der Waals surface area contributed by atoms with E-state index >= 15 is 0 Å². The van der Waals surface area contributed by atoms with Gasteiger partial charge in [0.25, 0.3) is 0 Å². The zero-order chi connectivity index (χ0) is 15.7. The van der Waals surface area contributed by atoms with Crippen LogP contribution in [-0.2, 0) is 0 Å². The van der Waals surface area contributed by atoms with Gasteiger partial charge >= 0.3 is 0 Å². The first kappa shape index (κ1) is 14.9. The highest BCUT2D eigenvalue weighted by atomic mass is 35.5. The van der Waals surface area contributed by atoms with E-state index in [9.17, 15) is 5.11 Å². The number of aromatic hydroxyl groups is 1. The van der Waals surface area contributed by atoms with Crippen molar-refractivity contribution in [2.75, 3.05) is 14.1 Å². The molecule has 0 radical (unpaired) electrons. The summed E-state index contributed by atoms with van der Waals surface area (Å²) in [6.07, 6.45) is 0. The van der Waals surface area contributed by atoms with Crippen LogP contribution < -0.4 is 0 Å². The number of halogens is 1. The summed E-state index contributed by atoms with van der Waals surface area (Å²) in [5.74, 6) is 0.303. The van der Waals surface area contributed by atoms with Gasteiger partial charge in [0.15, 0.2) is 0 Å². The highest BCUT2D eigenvalue weighted by Crippen LogP contribution is 2.38. The lowest BCUT2D eigenvalue weighted by Crippen LogP contribution is -2.21. The molecule has 0 saturated carbocycles. The van der Waals surface area contributed by atoms with Crippen molar-refractivity contribution in [2.24, 2.45) is 0 Å². The number of phenols is 1. The van der Waals surface area contributed by atoms with E-state index in [1.807, 2.05) is 62.6 Å². The summed E-state index contributed by atoms with van der Waals surface area (Å²) < 4.78 is 0. The first-order chi connectivity index (χ1) is 10.6. The Bertz CT molecular complexity index is 813. The third-order valence-corrected chi connectivity index (χ3v) is 4.14. The van der Waals surface area contributed by atoms with Gasteiger partial charge in [0.05, 0.1) is 6.04 Å². The van der Waals surface area contributed by atoms with Gasteiger partial charge in [-0.2, -0.15) is 0 Å². The van der Waals surface area contributed by atoms with Gasteiger partial charge in [0.1, 0.15) is 5.75 Å². The predicted octanol–water partition coefficient (Wildman–Crippen LogP) is 4.85. The molecular formula is C19H18ClNO. The van der Waals surface area contributed by atoms with Gasteiger partial charge in [0, 0.05) is 10.6 Å². The molecule has 1 unspecified atom stereocenters. The Kier molecular flexibility index (Phi) is 4.06. The maximum atomic E-state index is 10.5. The Morgan fingerprint density at radius 2 is 1.73 bits per heavy atom. The van der Waals surface area contributed by atoms with Gasteiger partial charge in [-0.15, -0.1) is 0 Å². The van der Waals surface area contributed by atoms with Crippen LogP contribution in [0.5, 0.6) is 5.75 Å². The van der Waals surface area contributed by atoms with Crippen molar-refractivity contribution in [2.45, 2.75) is 6.04 Å². The quantitative estimate of drug-likeness (QED) is 0.747. The smallest absolute Gasteiger partial charge is 0.121 e. The number of fused-ring (bicyclic) bond motifs is 1. The lowest BCUT2D eigenvalue weighted by Gasteiger charge is -2.27. The SMILES string of the molecule is CN(C)C(c1cccc(Cl)c1)c1c(O)ccc2ccccc12. The van der Waals surface area contributed by atoms with Crippen LogP contribution in [0.15, 0.2) is 60.7 Å². The van der Waals surface area contributed by atoms with E-state index in [1.165, 1.54) is 0 Å². The molecule has 0 aliphatic carbocycles. The Morgan fingerprint density at radius 1 is 0.955 bits per heavy atom. The number of rotatable bonds is 3. The normalized spacial score (nSPS) is 12.7. The largest absolute Gasteiger partial charge is 0.508 e.